The van der Waals surface area contributed by atoms with Crippen LogP contribution in [0.4, 0.5) is 0 Å². The third kappa shape index (κ3) is 4.75. The van der Waals surface area contributed by atoms with Crippen LogP contribution in [-0.2, 0) is 9.53 Å². The minimum Gasteiger partial charge on any atom is -0.492 e. The van der Waals surface area contributed by atoms with Gasteiger partial charge < -0.3 is 15.3 Å². The zero-order valence-corrected chi connectivity index (χ0v) is 11.6. The lowest BCUT2D eigenvalue weighted by Gasteiger charge is -2.09. The highest BCUT2D eigenvalue weighted by Crippen LogP contribution is 2.21. The Morgan fingerprint density at radius 1 is 1.56 bits per heavy atom. The molecular weight excluding hydrogens is 300 g/mol. The van der Waals surface area contributed by atoms with E-state index in [-0.39, 0.29) is 19.0 Å². The number of hydrogen-bond acceptors (Lipinski definition) is 5. The minimum atomic E-state index is -0.274. The van der Waals surface area contributed by atoms with E-state index >= 15 is 0 Å². The van der Waals surface area contributed by atoms with Crippen molar-refractivity contribution < 1.29 is 14.3 Å². The zero-order chi connectivity index (χ0) is 13.4. The lowest BCUT2D eigenvalue weighted by atomic mass is 10.2. The summed E-state index contributed by atoms with van der Waals surface area (Å²) >= 11 is 3.35. The Morgan fingerprint density at radius 2 is 2.33 bits per heavy atom. The molecule has 0 aliphatic carbocycles. The maximum absolute atomic E-state index is 11.1. The monoisotopic (exact) mass is 314 g/mol. The first-order valence-corrected chi connectivity index (χ1v) is 6.28. The summed E-state index contributed by atoms with van der Waals surface area (Å²) in [5.41, 5.74) is 0.746. The van der Waals surface area contributed by atoms with Gasteiger partial charge in [0.1, 0.15) is 5.75 Å². The maximum atomic E-state index is 11.1. The van der Waals surface area contributed by atoms with Gasteiger partial charge >= 0.3 is 5.97 Å². The SMILES string of the molecule is CCOC(=O)CCOc1ccc(Br)cc1C=NN. The molecule has 1 rings (SSSR count). The molecule has 1 aromatic carbocycles. The van der Waals surface area contributed by atoms with Crippen LogP contribution in [0, 0.1) is 0 Å². The van der Waals surface area contributed by atoms with Crippen LogP contribution in [0.5, 0.6) is 5.75 Å². The lowest BCUT2D eigenvalue weighted by Crippen LogP contribution is -2.10. The normalized spacial score (nSPS) is 10.6. The van der Waals surface area contributed by atoms with Gasteiger partial charge in [-0.25, -0.2) is 0 Å². The molecule has 0 saturated carbocycles. The van der Waals surface area contributed by atoms with Crippen molar-refractivity contribution in [2.24, 2.45) is 10.9 Å². The van der Waals surface area contributed by atoms with E-state index in [0.29, 0.717) is 12.4 Å². The maximum Gasteiger partial charge on any atom is 0.309 e. The Hall–Kier alpha value is -1.56. The molecule has 0 spiro atoms. The van der Waals surface area contributed by atoms with Crippen LogP contribution < -0.4 is 10.6 Å². The van der Waals surface area contributed by atoms with Gasteiger partial charge in [0.25, 0.3) is 0 Å². The van der Waals surface area contributed by atoms with Crippen LogP contribution in [0.15, 0.2) is 27.8 Å². The molecule has 0 unspecified atom stereocenters. The number of carbonyl (C=O) groups excluding carboxylic acids is 1. The summed E-state index contributed by atoms with van der Waals surface area (Å²) in [5, 5.41) is 3.46. The van der Waals surface area contributed by atoms with Crippen LogP contribution in [0.3, 0.4) is 0 Å². The van der Waals surface area contributed by atoms with Gasteiger partial charge in [-0.1, -0.05) is 15.9 Å². The summed E-state index contributed by atoms with van der Waals surface area (Å²) in [7, 11) is 0. The highest BCUT2D eigenvalue weighted by atomic mass is 79.9. The van der Waals surface area contributed by atoms with Crippen LogP contribution in [0.2, 0.25) is 0 Å². The summed E-state index contributed by atoms with van der Waals surface area (Å²) in [6.07, 6.45) is 1.70. The molecule has 0 amide bonds. The molecule has 2 N–H and O–H groups in total. The first-order chi connectivity index (χ1) is 8.67. The van der Waals surface area contributed by atoms with Gasteiger partial charge in [0, 0.05) is 10.0 Å². The van der Waals surface area contributed by atoms with Gasteiger partial charge in [-0.05, 0) is 25.1 Å². The molecule has 18 heavy (non-hydrogen) atoms. The molecule has 0 heterocycles. The van der Waals surface area contributed by atoms with Crippen molar-refractivity contribution in [1.82, 2.24) is 0 Å². The number of carbonyl (C=O) groups is 1. The number of halogens is 1. The number of benzene rings is 1. The molecule has 1 aromatic rings. The molecule has 6 heteroatoms. The fraction of sp³-hybridized carbons (Fsp3) is 0.333. The molecule has 98 valence electrons. The highest BCUT2D eigenvalue weighted by Gasteiger charge is 2.05. The summed E-state index contributed by atoms with van der Waals surface area (Å²) in [4.78, 5) is 11.1. The van der Waals surface area contributed by atoms with Gasteiger partial charge in [0.15, 0.2) is 0 Å². The third-order valence-corrected chi connectivity index (χ3v) is 2.55. The number of hydrogen-bond donors (Lipinski definition) is 1. The van der Waals surface area contributed by atoms with Crippen LogP contribution in [0.25, 0.3) is 0 Å². The van der Waals surface area contributed by atoms with E-state index in [1.165, 1.54) is 6.21 Å². The molecule has 0 bridgehead atoms. The van der Waals surface area contributed by atoms with Crippen molar-refractivity contribution in [1.29, 1.82) is 0 Å². The Bertz CT molecular complexity index is 435. The summed E-state index contributed by atoms with van der Waals surface area (Å²) < 4.78 is 11.2. The highest BCUT2D eigenvalue weighted by molar-refractivity contribution is 9.10. The van der Waals surface area contributed by atoms with E-state index in [9.17, 15) is 4.79 Å². The van der Waals surface area contributed by atoms with Crippen molar-refractivity contribution in [2.75, 3.05) is 13.2 Å². The summed E-state index contributed by atoms with van der Waals surface area (Å²) in [5.74, 6) is 5.47. The van der Waals surface area contributed by atoms with Crippen molar-refractivity contribution in [3.05, 3.63) is 28.2 Å². The zero-order valence-electron chi connectivity index (χ0n) is 10.1. The van der Waals surface area contributed by atoms with Crippen molar-refractivity contribution in [3.63, 3.8) is 0 Å². The molecule has 0 saturated heterocycles. The number of esters is 1. The molecule has 0 atom stereocenters. The average Bonchev–Trinajstić information content (AvgIpc) is 2.33. The quantitative estimate of drug-likeness (QED) is 0.377. The lowest BCUT2D eigenvalue weighted by molar-refractivity contribution is -0.143. The summed E-state index contributed by atoms with van der Waals surface area (Å²) in [6, 6.07) is 5.45. The first-order valence-electron chi connectivity index (χ1n) is 5.48. The van der Waals surface area contributed by atoms with E-state index < -0.39 is 0 Å². The smallest absolute Gasteiger partial charge is 0.309 e. The van der Waals surface area contributed by atoms with Crippen LogP contribution in [-0.4, -0.2) is 25.4 Å². The Labute approximate surface area is 114 Å². The predicted octanol–water partition coefficient (Wildman–Crippen LogP) is 2.07. The largest absolute Gasteiger partial charge is 0.492 e. The fourth-order valence-electron chi connectivity index (χ4n) is 1.31. The third-order valence-electron chi connectivity index (χ3n) is 2.05. The van der Waals surface area contributed by atoms with Gasteiger partial charge in [0.2, 0.25) is 0 Å². The van der Waals surface area contributed by atoms with Crippen molar-refractivity contribution in [2.45, 2.75) is 13.3 Å². The second-order valence-corrected chi connectivity index (χ2v) is 4.28. The van der Waals surface area contributed by atoms with Gasteiger partial charge in [-0.2, -0.15) is 5.10 Å². The Kier molecular flexibility index (Phi) is 6.21. The van der Waals surface area contributed by atoms with Crippen LogP contribution >= 0.6 is 15.9 Å². The van der Waals surface area contributed by atoms with E-state index in [1.807, 2.05) is 12.1 Å². The van der Waals surface area contributed by atoms with Crippen molar-refractivity contribution >= 4 is 28.1 Å². The molecule has 5 nitrogen and oxygen atoms in total. The van der Waals surface area contributed by atoms with Crippen LogP contribution in [0.1, 0.15) is 18.9 Å². The number of rotatable bonds is 6. The molecule has 0 radical (unpaired) electrons. The number of nitrogens with zero attached hydrogens (tertiary/aromatic N) is 1. The van der Waals surface area contributed by atoms with E-state index in [4.69, 9.17) is 15.3 Å². The number of nitrogens with two attached hydrogens (primary N) is 1. The molecular formula is C12H15BrN2O3. The summed E-state index contributed by atoms with van der Waals surface area (Å²) in [6.45, 7) is 2.40. The number of ether oxygens (including phenoxy) is 2. The van der Waals surface area contributed by atoms with E-state index in [0.717, 1.165) is 10.0 Å². The first kappa shape index (κ1) is 14.5. The van der Waals surface area contributed by atoms with Gasteiger partial charge in [-0.15, -0.1) is 0 Å². The van der Waals surface area contributed by atoms with E-state index in [1.54, 1.807) is 13.0 Å². The second kappa shape index (κ2) is 7.71. The number of hydrazone groups is 1. The second-order valence-electron chi connectivity index (χ2n) is 3.36. The van der Waals surface area contributed by atoms with Gasteiger partial charge in [0.05, 0.1) is 25.8 Å². The molecule has 0 aromatic heterocycles. The van der Waals surface area contributed by atoms with Gasteiger partial charge in [-0.3, -0.25) is 4.79 Å². The van der Waals surface area contributed by atoms with E-state index in [2.05, 4.69) is 21.0 Å². The minimum absolute atomic E-state index is 0.211. The Balaban J connectivity index is 2.58. The Morgan fingerprint density at radius 3 is 3.00 bits per heavy atom. The fourth-order valence-corrected chi connectivity index (χ4v) is 1.69. The topological polar surface area (TPSA) is 73.9 Å². The molecule has 0 fully saturated rings. The predicted molar refractivity (Wildman–Crippen MR) is 72.7 cm³/mol. The van der Waals surface area contributed by atoms with Crippen molar-refractivity contribution in [3.8, 4) is 5.75 Å². The molecule has 0 aliphatic rings. The molecule has 0 aliphatic heterocycles. The average molecular weight is 315 g/mol. The standard InChI is InChI=1S/C12H15BrN2O3/c1-2-17-12(16)5-6-18-11-4-3-10(13)7-9(11)8-15-14/h3-4,7-8H,2,5-6,14H2,1H3.